The largest absolute Gasteiger partial charge is 0.462 e. The summed E-state index contributed by atoms with van der Waals surface area (Å²) in [5.74, 6) is -0.948. The maximum absolute atomic E-state index is 12.8. The molecule has 0 fully saturated rings. The number of carbonyl (C=O) groups excluding carboxylic acids is 3. The standard InChI is InChI=1S/C58H96O6/c1-4-7-10-13-16-19-22-25-27-29-30-32-33-36-39-42-45-48-51-57(60)63-54-55(53-62-56(59)50-47-44-41-38-35-24-21-18-15-12-9-6-3)64-58(61)52-49-46-43-40-37-34-31-28-26-23-20-17-14-11-8-5-2/h8-9,11-12,17-18,20-22,25-30,32,55H,4-7,10,13-16,19,23-24,31,33-54H2,1-3H3/b11-8-,12-9-,20-17-,21-18-,25-22-,28-26-,29-27-,32-30-. The lowest BCUT2D eigenvalue weighted by Crippen LogP contribution is -2.30. The van der Waals surface area contributed by atoms with Crippen LogP contribution in [-0.2, 0) is 28.6 Å². The van der Waals surface area contributed by atoms with Gasteiger partial charge >= 0.3 is 17.9 Å². The summed E-state index contributed by atoms with van der Waals surface area (Å²) in [6.45, 7) is 6.35. The van der Waals surface area contributed by atoms with Crippen LogP contribution in [0.3, 0.4) is 0 Å². The fraction of sp³-hybridized carbons (Fsp3) is 0.672. The minimum atomic E-state index is -0.799. The van der Waals surface area contributed by atoms with E-state index < -0.39 is 6.10 Å². The highest BCUT2D eigenvalue weighted by molar-refractivity contribution is 5.71. The van der Waals surface area contributed by atoms with E-state index in [0.29, 0.717) is 19.3 Å². The molecular formula is C58H96O6. The highest BCUT2D eigenvalue weighted by Crippen LogP contribution is 2.13. The van der Waals surface area contributed by atoms with E-state index in [1.807, 2.05) is 0 Å². The van der Waals surface area contributed by atoms with Crippen molar-refractivity contribution in [3.05, 3.63) is 97.2 Å². The summed E-state index contributed by atoms with van der Waals surface area (Å²) < 4.78 is 16.8. The van der Waals surface area contributed by atoms with Crippen molar-refractivity contribution in [1.29, 1.82) is 0 Å². The Morgan fingerprint density at radius 1 is 0.344 bits per heavy atom. The van der Waals surface area contributed by atoms with E-state index in [1.165, 1.54) is 44.9 Å². The quantitative estimate of drug-likeness (QED) is 0.0199. The van der Waals surface area contributed by atoms with Gasteiger partial charge in [-0.25, -0.2) is 0 Å². The Morgan fingerprint density at radius 2 is 0.672 bits per heavy atom. The smallest absolute Gasteiger partial charge is 0.306 e. The van der Waals surface area contributed by atoms with Gasteiger partial charge in [0, 0.05) is 19.3 Å². The minimum Gasteiger partial charge on any atom is -0.462 e. The molecule has 1 unspecified atom stereocenters. The summed E-state index contributed by atoms with van der Waals surface area (Å²) >= 11 is 0. The number of unbranched alkanes of at least 4 members (excludes halogenated alkanes) is 21. The third-order valence-electron chi connectivity index (χ3n) is 10.9. The van der Waals surface area contributed by atoms with Crippen molar-refractivity contribution in [3.63, 3.8) is 0 Å². The van der Waals surface area contributed by atoms with Gasteiger partial charge in [0.25, 0.3) is 0 Å². The normalized spacial score (nSPS) is 12.9. The van der Waals surface area contributed by atoms with Crippen LogP contribution in [0, 0.1) is 0 Å². The van der Waals surface area contributed by atoms with Crippen LogP contribution in [0.4, 0.5) is 0 Å². The molecule has 0 bridgehead atoms. The van der Waals surface area contributed by atoms with E-state index in [-0.39, 0.29) is 31.1 Å². The molecule has 64 heavy (non-hydrogen) atoms. The number of rotatable bonds is 46. The van der Waals surface area contributed by atoms with Gasteiger partial charge in [-0.2, -0.15) is 0 Å². The molecule has 0 aliphatic heterocycles. The van der Waals surface area contributed by atoms with E-state index in [4.69, 9.17) is 14.2 Å². The maximum Gasteiger partial charge on any atom is 0.306 e. The Kier molecular flexibility index (Phi) is 49.0. The molecule has 0 heterocycles. The molecule has 0 aromatic rings. The lowest BCUT2D eigenvalue weighted by atomic mass is 10.1. The molecule has 0 aromatic carbocycles. The van der Waals surface area contributed by atoms with Gasteiger partial charge < -0.3 is 14.2 Å². The third-order valence-corrected chi connectivity index (χ3v) is 10.9. The van der Waals surface area contributed by atoms with Crippen LogP contribution in [0.2, 0.25) is 0 Å². The Bertz CT molecular complexity index is 1300. The Labute approximate surface area is 394 Å². The van der Waals surface area contributed by atoms with Crippen LogP contribution in [0.15, 0.2) is 97.2 Å². The Balaban J connectivity index is 4.46. The molecule has 364 valence electrons. The van der Waals surface area contributed by atoms with Gasteiger partial charge in [-0.15, -0.1) is 0 Å². The van der Waals surface area contributed by atoms with Gasteiger partial charge in [-0.1, -0.05) is 208 Å². The zero-order valence-corrected chi connectivity index (χ0v) is 41.5. The molecule has 0 saturated carbocycles. The van der Waals surface area contributed by atoms with Crippen molar-refractivity contribution in [2.24, 2.45) is 0 Å². The first-order chi connectivity index (χ1) is 31.5. The van der Waals surface area contributed by atoms with E-state index in [0.717, 1.165) is 148 Å². The maximum atomic E-state index is 12.8. The second-order valence-electron chi connectivity index (χ2n) is 17.1. The van der Waals surface area contributed by atoms with Crippen molar-refractivity contribution in [1.82, 2.24) is 0 Å². The number of allylic oxidation sites excluding steroid dienone is 16. The summed E-state index contributed by atoms with van der Waals surface area (Å²) in [6.07, 6.45) is 68.2. The molecule has 0 radical (unpaired) electrons. The van der Waals surface area contributed by atoms with Crippen LogP contribution in [-0.4, -0.2) is 37.2 Å². The highest BCUT2D eigenvalue weighted by atomic mass is 16.6. The van der Waals surface area contributed by atoms with Crippen LogP contribution < -0.4 is 0 Å². The number of esters is 3. The van der Waals surface area contributed by atoms with Crippen molar-refractivity contribution < 1.29 is 28.6 Å². The fourth-order valence-electron chi connectivity index (χ4n) is 6.97. The zero-order valence-electron chi connectivity index (χ0n) is 41.5. The van der Waals surface area contributed by atoms with Gasteiger partial charge in [0.05, 0.1) is 0 Å². The topological polar surface area (TPSA) is 78.9 Å². The van der Waals surface area contributed by atoms with Gasteiger partial charge in [0.2, 0.25) is 0 Å². The Morgan fingerprint density at radius 3 is 1.08 bits per heavy atom. The van der Waals surface area contributed by atoms with Crippen LogP contribution in [0.5, 0.6) is 0 Å². The molecule has 0 amide bonds. The predicted molar refractivity (Wildman–Crippen MR) is 274 cm³/mol. The van der Waals surface area contributed by atoms with Gasteiger partial charge in [-0.05, 0) is 103 Å². The van der Waals surface area contributed by atoms with Crippen molar-refractivity contribution >= 4 is 17.9 Å². The molecule has 0 N–H and O–H groups in total. The van der Waals surface area contributed by atoms with Crippen LogP contribution in [0.25, 0.3) is 0 Å². The van der Waals surface area contributed by atoms with Crippen LogP contribution >= 0.6 is 0 Å². The molecule has 0 aliphatic rings. The van der Waals surface area contributed by atoms with Gasteiger partial charge in [0.15, 0.2) is 6.10 Å². The SMILES string of the molecule is CC/C=C\C/C=C\C/C=C\CCCCCCCCC(=O)OC(COC(=O)CCCCCCC\C=C/C=C\C=C/CCCCCCC)COC(=O)CCCCCCC/C=C\C/C=C\CC. The molecule has 0 spiro atoms. The van der Waals surface area contributed by atoms with Crippen molar-refractivity contribution in [3.8, 4) is 0 Å². The first kappa shape index (κ1) is 60.3. The molecule has 0 rings (SSSR count). The van der Waals surface area contributed by atoms with E-state index >= 15 is 0 Å². The summed E-state index contributed by atoms with van der Waals surface area (Å²) in [6, 6.07) is 0. The number of carbonyl (C=O) groups is 3. The molecule has 6 nitrogen and oxygen atoms in total. The number of hydrogen-bond acceptors (Lipinski definition) is 6. The molecule has 6 heteroatoms. The summed E-state index contributed by atoms with van der Waals surface area (Å²) in [5, 5.41) is 0. The second kappa shape index (κ2) is 52.0. The van der Waals surface area contributed by atoms with Gasteiger partial charge in [0.1, 0.15) is 13.2 Å². The van der Waals surface area contributed by atoms with Crippen molar-refractivity contribution in [2.45, 2.75) is 239 Å². The summed E-state index contributed by atoms with van der Waals surface area (Å²) in [5.41, 5.74) is 0. The first-order valence-corrected chi connectivity index (χ1v) is 26.3. The lowest BCUT2D eigenvalue weighted by Gasteiger charge is -2.18. The highest BCUT2D eigenvalue weighted by Gasteiger charge is 2.19. The molecule has 0 saturated heterocycles. The van der Waals surface area contributed by atoms with E-state index in [2.05, 4.69) is 118 Å². The fourth-order valence-corrected chi connectivity index (χ4v) is 6.97. The van der Waals surface area contributed by atoms with Crippen LogP contribution in [0.1, 0.15) is 233 Å². The average molecular weight is 889 g/mol. The molecule has 1 atom stereocenters. The van der Waals surface area contributed by atoms with Crippen molar-refractivity contribution in [2.75, 3.05) is 13.2 Å². The van der Waals surface area contributed by atoms with E-state index in [9.17, 15) is 14.4 Å². The Hall–Kier alpha value is -3.67. The predicted octanol–water partition coefficient (Wildman–Crippen LogP) is 17.4. The van der Waals surface area contributed by atoms with E-state index in [1.54, 1.807) is 0 Å². The first-order valence-electron chi connectivity index (χ1n) is 26.3. The third kappa shape index (κ3) is 49.3. The average Bonchev–Trinajstić information content (AvgIpc) is 3.29. The monoisotopic (exact) mass is 889 g/mol. The lowest BCUT2D eigenvalue weighted by molar-refractivity contribution is -0.167. The molecule has 0 aromatic heterocycles. The summed E-state index contributed by atoms with van der Waals surface area (Å²) in [7, 11) is 0. The second-order valence-corrected chi connectivity index (χ2v) is 17.1. The summed E-state index contributed by atoms with van der Waals surface area (Å²) in [4.78, 5) is 38.0. The van der Waals surface area contributed by atoms with Gasteiger partial charge in [-0.3, -0.25) is 14.4 Å². The number of hydrogen-bond donors (Lipinski definition) is 0. The zero-order chi connectivity index (χ0) is 46.5. The molecular weight excluding hydrogens is 793 g/mol. The minimum absolute atomic E-state index is 0.0984. The molecule has 0 aliphatic carbocycles. The number of ether oxygens (including phenoxy) is 3.